The number of carbonyl (C=O) groups is 1. The van der Waals surface area contributed by atoms with Gasteiger partial charge >= 0.3 is 12.8 Å². The summed E-state index contributed by atoms with van der Waals surface area (Å²) in [5.74, 6) is -5.02. The van der Waals surface area contributed by atoms with Crippen molar-refractivity contribution in [2.75, 3.05) is 32.2 Å². The maximum Gasteiger partial charge on any atom is 0.433 e. The van der Waals surface area contributed by atoms with E-state index in [1.807, 2.05) is 0 Å². The van der Waals surface area contributed by atoms with E-state index in [0.29, 0.717) is 24.0 Å². The van der Waals surface area contributed by atoms with Crippen molar-refractivity contribution in [1.82, 2.24) is 14.3 Å². The summed E-state index contributed by atoms with van der Waals surface area (Å²) in [6.45, 7) is -0.791. The number of halogens is 7. The fraction of sp³-hybridized carbons (Fsp3) is 0.300. The Hall–Kier alpha value is -5.06. The first-order chi connectivity index (χ1) is 22.1. The molecule has 10 nitrogen and oxygen atoms in total. The Kier molecular flexibility index (Phi) is 8.94. The first-order valence-electron chi connectivity index (χ1n) is 13.6. The summed E-state index contributed by atoms with van der Waals surface area (Å²) >= 11 is 0. The Morgan fingerprint density at radius 2 is 1.70 bits per heavy atom. The highest BCUT2D eigenvalue weighted by Gasteiger charge is 2.37. The summed E-state index contributed by atoms with van der Waals surface area (Å²) in [4.78, 5) is 30.9. The van der Waals surface area contributed by atoms with Crippen molar-refractivity contribution < 1.29 is 54.5 Å². The van der Waals surface area contributed by atoms with Gasteiger partial charge in [-0.25, -0.2) is 13.8 Å². The number of ether oxygens (including phenoxy) is 4. The Bertz CT molecular complexity index is 1850. The Morgan fingerprint density at radius 3 is 2.23 bits per heavy atom. The van der Waals surface area contributed by atoms with Crippen LogP contribution in [0.25, 0.3) is 17.1 Å². The van der Waals surface area contributed by atoms with Crippen LogP contribution in [0.2, 0.25) is 0 Å². The fourth-order valence-corrected chi connectivity index (χ4v) is 4.75. The number of hydrogen-bond acceptors (Lipinski definition) is 7. The Balaban J connectivity index is 1.70. The first-order valence-corrected chi connectivity index (χ1v) is 13.6. The molecule has 1 fully saturated rings. The average Bonchev–Trinajstić information content (AvgIpc) is 3.22. The van der Waals surface area contributed by atoms with Crippen LogP contribution in [0.1, 0.15) is 23.0 Å². The van der Waals surface area contributed by atoms with Gasteiger partial charge in [-0.1, -0.05) is 6.92 Å². The van der Waals surface area contributed by atoms with E-state index in [1.165, 1.54) is 0 Å². The van der Waals surface area contributed by atoms with Crippen molar-refractivity contribution in [2.45, 2.75) is 19.7 Å². The number of nitrogens with one attached hydrogen (secondary N) is 1. The van der Waals surface area contributed by atoms with E-state index in [1.54, 1.807) is 6.92 Å². The van der Waals surface area contributed by atoms with Crippen molar-refractivity contribution in [3.63, 3.8) is 0 Å². The number of nitrogens with zero attached hydrogens (tertiary/aromatic N) is 3. The predicted octanol–water partition coefficient (Wildman–Crippen LogP) is 5.81. The minimum Gasteiger partial charge on any atom is -0.497 e. The van der Waals surface area contributed by atoms with Crippen LogP contribution in [0.3, 0.4) is 0 Å². The quantitative estimate of drug-likeness (QED) is 0.212. The zero-order valence-corrected chi connectivity index (χ0v) is 24.8. The molecule has 3 heterocycles. The molecule has 1 amide bonds. The molecule has 0 spiro atoms. The largest absolute Gasteiger partial charge is 0.497 e. The maximum absolute atomic E-state index is 15.5. The van der Waals surface area contributed by atoms with Gasteiger partial charge in [0.2, 0.25) is 0 Å². The van der Waals surface area contributed by atoms with Crippen LogP contribution in [0.15, 0.2) is 53.3 Å². The van der Waals surface area contributed by atoms with Gasteiger partial charge in [0.15, 0.2) is 11.6 Å². The lowest BCUT2D eigenvalue weighted by atomic mass is 9.90. The zero-order valence-electron chi connectivity index (χ0n) is 24.8. The van der Waals surface area contributed by atoms with Crippen LogP contribution in [-0.4, -0.2) is 53.8 Å². The lowest BCUT2D eigenvalue weighted by Gasteiger charge is -2.37. The lowest BCUT2D eigenvalue weighted by molar-refractivity contribution is -0.141. The molecule has 0 bridgehead atoms. The molecule has 1 N–H and O–H groups in total. The van der Waals surface area contributed by atoms with Crippen molar-refractivity contribution in [3.05, 3.63) is 81.8 Å². The molecule has 2 aromatic carbocycles. The van der Waals surface area contributed by atoms with E-state index in [-0.39, 0.29) is 29.4 Å². The normalized spacial score (nSPS) is 14.1. The molecule has 250 valence electrons. The van der Waals surface area contributed by atoms with Crippen LogP contribution >= 0.6 is 0 Å². The SMILES string of the molecule is COc1cc(F)c(-c2c(NC(=O)c3ccc(OC(F)F)cc3)c(=O)n(-c3nc(C(F)(F)F)ccc3OCC3(C)COC3)n2C)c(F)c1. The third-order valence-electron chi connectivity index (χ3n) is 7.14. The number of rotatable bonds is 10. The van der Waals surface area contributed by atoms with Crippen molar-refractivity contribution in [2.24, 2.45) is 12.5 Å². The third kappa shape index (κ3) is 6.74. The van der Waals surface area contributed by atoms with E-state index < -0.39 is 69.8 Å². The monoisotopic (exact) mass is 670 g/mol. The van der Waals surface area contributed by atoms with Gasteiger partial charge in [-0.15, -0.1) is 0 Å². The lowest BCUT2D eigenvalue weighted by Crippen LogP contribution is -2.44. The molecule has 0 unspecified atom stereocenters. The van der Waals surface area contributed by atoms with Gasteiger partial charge in [0.1, 0.15) is 40.2 Å². The van der Waals surface area contributed by atoms with Gasteiger partial charge < -0.3 is 24.3 Å². The number of pyridine rings is 1. The van der Waals surface area contributed by atoms with E-state index in [2.05, 4.69) is 15.0 Å². The smallest absolute Gasteiger partial charge is 0.433 e. The van der Waals surface area contributed by atoms with Crippen molar-refractivity contribution >= 4 is 11.6 Å². The topological polar surface area (TPSA) is 106 Å². The second-order valence-corrected chi connectivity index (χ2v) is 10.8. The Labute approximate surface area is 261 Å². The van der Waals surface area contributed by atoms with E-state index in [9.17, 15) is 31.5 Å². The molecule has 17 heteroatoms. The van der Waals surface area contributed by atoms with Crippen LogP contribution in [0, 0.1) is 17.0 Å². The predicted molar refractivity (Wildman–Crippen MR) is 151 cm³/mol. The summed E-state index contributed by atoms with van der Waals surface area (Å²) in [6.07, 6.45) is -4.97. The molecule has 0 aliphatic carbocycles. The minimum absolute atomic E-state index is 0.0460. The van der Waals surface area contributed by atoms with Crippen LogP contribution in [0.5, 0.6) is 17.2 Å². The second-order valence-electron chi connectivity index (χ2n) is 10.8. The number of carbonyl (C=O) groups excluding carboxylic acids is 1. The maximum atomic E-state index is 15.5. The van der Waals surface area contributed by atoms with E-state index >= 15 is 8.78 Å². The second kappa shape index (κ2) is 12.6. The molecular weight excluding hydrogens is 645 g/mol. The van der Waals surface area contributed by atoms with Crippen LogP contribution in [-0.2, 0) is 18.0 Å². The molecule has 0 atom stereocenters. The Morgan fingerprint density at radius 1 is 1.06 bits per heavy atom. The van der Waals surface area contributed by atoms with Crippen LogP contribution in [0.4, 0.5) is 36.4 Å². The number of methoxy groups -OCH3 is 1. The van der Waals surface area contributed by atoms with Gasteiger partial charge in [-0.3, -0.25) is 14.3 Å². The highest BCUT2D eigenvalue weighted by atomic mass is 19.4. The molecule has 1 saturated heterocycles. The highest BCUT2D eigenvalue weighted by molar-refractivity contribution is 6.06. The first kappa shape index (κ1) is 33.3. The molecule has 1 aliphatic heterocycles. The van der Waals surface area contributed by atoms with Crippen molar-refractivity contribution in [3.8, 4) is 34.3 Å². The summed E-state index contributed by atoms with van der Waals surface area (Å²) in [5.41, 5.74) is -5.52. The van der Waals surface area contributed by atoms with Crippen LogP contribution < -0.4 is 25.1 Å². The van der Waals surface area contributed by atoms with Crippen molar-refractivity contribution in [1.29, 1.82) is 0 Å². The molecule has 0 radical (unpaired) electrons. The molecule has 0 saturated carbocycles. The fourth-order valence-electron chi connectivity index (χ4n) is 4.75. The molecule has 5 rings (SSSR count). The van der Waals surface area contributed by atoms with Gasteiger partial charge in [-0.2, -0.15) is 26.6 Å². The molecule has 47 heavy (non-hydrogen) atoms. The minimum atomic E-state index is -4.97. The van der Waals surface area contributed by atoms with Gasteiger partial charge in [0, 0.05) is 30.2 Å². The summed E-state index contributed by atoms with van der Waals surface area (Å²) in [5, 5.41) is 2.25. The number of benzene rings is 2. The summed E-state index contributed by atoms with van der Waals surface area (Å²) in [6, 6.07) is 7.42. The molecule has 4 aromatic rings. The average molecular weight is 671 g/mol. The number of hydrogen-bond donors (Lipinski definition) is 1. The standard InChI is InChI=1S/C30H25F7N4O6/c1-29(12-45-13-29)14-46-20-8-9-21(30(35,36)37)38-25(20)41-27(43)23(39-26(42)15-4-6-16(7-5-15)47-28(33)34)24(40(41)2)22-18(31)10-17(44-3)11-19(22)32/h4-11,28H,12-14H2,1-3H3,(H,39,42). The molecule has 2 aromatic heterocycles. The summed E-state index contributed by atoms with van der Waals surface area (Å²) in [7, 11) is 2.26. The van der Waals surface area contributed by atoms with Gasteiger partial charge in [0.25, 0.3) is 11.5 Å². The third-order valence-corrected chi connectivity index (χ3v) is 7.14. The summed E-state index contributed by atoms with van der Waals surface area (Å²) < 4.78 is 119. The van der Waals surface area contributed by atoms with Gasteiger partial charge in [0.05, 0.1) is 32.5 Å². The van der Waals surface area contributed by atoms with E-state index in [4.69, 9.17) is 14.2 Å². The van der Waals surface area contributed by atoms with E-state index in [0.717, 1.165) is 61.3 Å². The number of anilines is 1. The molecular formula is C30H25F7N4O6. The molecule has 1 aliphatic rings. The number of amides is 1. The zero-order chi connectivity index (χ0) is 34.3. The number of aromatic nitrogens is 3. The van der Waals surface area contributed by atoms with Gasteiger partial charge in [-0.05, 0) is 36.4 Å². The highest BCUT2D eigenvalue weighted by Crippen LogP contribution is 2.37. The number of alkyl halides is 5.